The summed E-state index contributed by atoms with van der Waals surface area (Å²) in [6, 6.07) is 11.6. The van der Waals surface area contributed by atoms with E-state index in [9.17, 15) is 9.18 Å². The van der Waals surface area contributed by atoms with E-state index in [1.165, 1.54) is 12.1 Å². The lowest BCUT2D eigenvalue weighted by atomic mass is 10.1. The topological polar surface area (TPSA) is 59.8 Å². The Balaban J connectivity index is 1.83. The maximum absolute atomic E-state index is 13.1. The molecule has 1 amide bonds. The summed E-state index contributed by atoms with van der Waals surface area (Å²) in [4.78, 5) is 16.8. The number of hydrogen-bond acceptors (Lipinski definition) is 3. The molecule has 0 spiro atoms. The highest BCUT2D eigenvalue weighted by Gasteiger charge is 2.17. The smallest absolute Gasteiger partial charge is 0.255 e. The van der Waals surface area contributed by atoms with Crippen molar-refractivity contribution in [2.75, 3.05) is 0 Å². The molecule has 0 fully saturated rings. The average molecular weight is 338 g/mol. The van der Waals surface area contributed by atoms with Crippen LogP contribution in [-0.4, -0.2) is 20.7 Å². The van der Waals surface area contributed by atoms with E-state index in [4.69, 9.17) is 0 Å². The molecule has 1 N–H and O–H groups in total. The van der Waals surface area contributed by atoms with Gasteiger partial charge in [0.1, 0.15) is 5.82 Å². The van der Waals surface area contributed by atoms with Gasteiger partial charge in [0.05, 0.1) is 35.4 Å². The Labute approximate surface area is 145 Å². The minimum absolute atomic E-state index is 0.192. The van der Waals surface area contributed by atoms with Crippen LogP contribution >= 0.6 is 0 Å². The van der Waals surface area contributed by atoms with Gasteiger partial charge in [0.2, 0.25) is 0 Å². The fraction of sp³-hybridized carbons (Fsp3) is 0.211. The molecule has 0 radical (unpaired) electrons. The van der Waals surface area contributed by atoms with E-state index in [0.717, 1.165) is 23.5 Å². The molecule has 0 saturated carbocycles. The van der Waals surface area contributed by atoms with Gasteiger partial charge in [-0.15, -0.1) is 0 Å². The lowest BCUT2D eigenvalue weighted by molar-refractivity contribution is 0.0949. The number of amides is 1. The van der Waals surface area contributed by atoms with E-state index < -0.39 is 0 Å². The normalized spacial score (nSPS) is 10.6. The van der Waals surface area contributed by atoms with Gasteiger partial charge in [-0.05, 0) is 42.8 Å². The third-order valence-electron chi connectivity index (χ3n) is 3.83. The predicted octanol–water partition coefficient (Wildman–Crippen LogP) is 3.29. The van der Waals surface area contributed by atoms with Gasteiger partial charge in [0.25, 0.3) is 5.91 Å². The molecular formula is C19H19FN4O. The van der Waals surface area contributed by atoms with Crippen LogP contribution < -0.4 is 5.32 Å². The number of hydrogen-bond donors (Lipinski definition) is 1. The number of rotatable bonds is 6. The van der Waals surface area contributed by atoms with E-state index >= 15 is 0 Å². The van der Waals surface area contributed by atoms with Crippen LogP contribution in [0.15, 0.2) is 54.9 Å². The summed E-state index contributed by atoms with van der Waals surface area (Å²) in [6.45, 7) is 2.39. The van der Waals surface area contributed by atoms with E-state index in [0.29, 0.717) is 18.5 Å². The minimum Gasteiger partial charge on any atom is -0.346 e. The van der Waals surface area contributed by atoms with Crippen LogP contribution in [0.4, 0.5) is 4.39 Å². The quantitative estimate of drug-likeness (QED) is 0.750. The number of carbonyl (C=O) groups is 1. The Morgan fingerprint density at radius 2 is 2.00 bits per heavy atom. The molecule has 0 bridgehead atoms. The van der Waals surface area contributed by atoms with Crippen molar-refractivity contribution >= 4 is 5.91 Å². The number of halogens is 1. The van der Waals surface area contributed by atoms with Crippen LogP contribution in [-0.2, 0) is 13.0 Å². The first-order valence-corrected chi connectivity index (χ1v) is 8.20. The summed E-state index contributed by atoms with van der Waals surface area (Å²) in [6.07, 6.45) is 4.82. The summed E-state index contributed by atoms with van der Waals surface area (Å²) >= 11 is 0. The molecule has 0 unspecified atom stereocenters. The van der Waals surface area contributed by atoms with Crippen molar-refractivity contribution < 1.29 is 9.18 Å². The number of nitrogens with one attached hydrogen (secondary N) is 1. The Kier molecular flexibility index (Phi) is 5.18. The standard InChI is InChI=1S/C19H19FN4O/c1-2-5-18-17(19(25)22-12-15-6-3-4-11-21-15)13-23-24(18)16-9-7-14(20)8-10-16/h3-4,6-11,13H,2,5,12H2,1H3,(H,22,25). The molecule has 25 heavy (non-hydrogen) atoms. The molecule has 2 aromatic heterocycles. The SMILES string of the molecule is CCCc1c(C(=O)NCc2ccccn2)cnn1-c1ccc(F)cc1. The first-order valence-electron chi connectivity index (χ1n) is 8.20. The van der Waals surface area contributed by atoms with E-state index in [-0.39, 0.29) is 11.7 Å². The number of carbonyl (C=O) groups excluding carboxylic acids is 1. The van der Waals surface area contributed by atoms with Crippen LogP contribution in [0.25, 0.3) is 5.69 Å². The van der Waals surface area contributed by atoms with Gasteiger partial charge in [-0.2, -0.15) is 5.10 Å². The molecule has 1 aromatic carbocycles. The van der Waals surface area contributed by atoms with E-state index in [2.05, 4.69) is 15.4 Å². The van der Waals surface area contributed by atoms with Crippen LogP contribution in [0, 0.1) is 5.82 Å². The largest absolute Gasteiger partial charge is 0.346 e. The van der Waals surface area contributed by atoms with Crippen molar-refractivity contribution in [3.63, 3.8) is 0 Å². The Morgan fingerprint density at radius 1 is 1.20 bits per heavy atom. The zero-order valence-corrected chi connectivity index (χ0v) is 13.9. The summed E-state index contributed by atoms with van der Waals surface area (Å²) in [5, 5.41) is 7.20. The molecule has 5 nitrogen and oxygen atoms in total. The van der Waals surface area contributed by atoms with Crippen molar-refractivity contribution in [3.8, 4) is 5.69 Å². The highest BCUT2D eigenvalue weighted by molar-refractivity contribution is 5.95. The number of pyridine rings is 1. The molecule has 0 aliphatic heterocycles. The number of aromatic nitrogens is 3. The number of benzene rings is 1. The van der Waals surface area contributed by atoms with Crippen LogP contribution in [0.2, 0.25) is 0 Å². The first-order chi connectivity index (χ1) is 12.2. The van der Waals surface area contributed by atoms with Gasteiger partial charge in [-0.3, -0.25) is 9.78 Å². The van der Waals surface area contributed by atoms with Gasteiger partial charge >= 0.3 is 0 Å². The first kappa shape index (κ1) is 16.8. The van der Waals surface area contributed by atoms with Crippen molar-refractivity contribution in [1.82, 2.24) is 20.1 Å². The minimum atomic E-state index is -0.304. The molecule has 128 valence electrons. The Hall–Kier alpha value is -3.02. The van der Waals surface area contributed by atoms with Crippen molar-refractivity contribution in [3.05, 3.63) is 77.6 Å². The van der Waals surface area contributed by atoms with Crippen molar-refractivity contribution in [1.29, 1.82) is 0 Å². The average Bonchev–Trinajstić information content (AvgIpc) is 3.05. The summed E-state index contributed by atoms with van der Waals surface area (Å²) in [7, 11) is 0. The maximum Gasteiger partial charge on any atom is 0.255 e. The van der Waals surface area contributed by atoms with Gasteiger partial charge in [-0.25, -0.2) is 9.07 Å². The third kappa shape index (κ3) is 3.91. The molecule has 0 saturated heterocycles. The zero-order chi connectivity index (χ0) is 17.6. The molecule has 0 atom stereocenters. The van der Waals surface area contributed by atoms with E-state index in [1.807, 2.05) is 25.1 Å². The summed E-state index contributed by atoms with van der Waals surface area (Å²) < 4.78 is 14.8. The second-order valence-corrected chi connectivity index (χ2v) is 5.65. The zero-order valence-electron chi connectivity index (χ0n) is 13.9. The Bertz CT molecular complexity index is 844. The molecule has 3 aromatic rings. The fourth-order valence-corrected chi connectivity index (χ4v) is 2.61. The summed E-state index contributed by atoms with van der Waals surface area (Å²) in [5.41, 5.74) is 2.86. The van der Waals surface area contributed by atoms with Crippen LogP contribution in [0.1, 0.15) is 35.1 Å². The molecule has 0 aliphatic carbocycles. The monoisotopic (exact) mass is 338 g/mol. The van der Waals surface area contributed by atoms with Crippen molar-refractivity contribution in [2.24, 2.45) is 0 Å². The molecule has 6 heteroatoms. The molecule has 0 aliphatic rings. The highest BCUT2D eigenvalue weighted by atomic mass is 19.1. The lowest BCUT2D eigenvalue weighted by Crippen LogP contribution is -2.24. The molecule has 3 rings (SSSR count). The second-order valence-electron chi connectivity index (χ2n) is 5.65. The predicted molar refractivity (Wildman–Crippen MR) is 92.9 cm³/mol. The van der Waals surface area contributed by atoms with Crippen LogP contribution in [0.3, 0.4) is 0 Å². The lowest BCUT2D eigenvalue weighted by Gasteiger charge is -2.09. The fourth-order valence-electron chi connectivity index (χ4n) is 2.61. The van der Waals surface area contributed by atoms with Crippen molar-refractivity contribution in [2.45, 2.75) is 26.3 Å². The molecule has 2 heterocycles. The maximum atomic E-state index is 13.1. The van der Waals surface area contributed by atoms with Gasteiger partial charge in [-0.1, -0.05) is 19.4 Å². The van der Waals surface area contributed by atoms with Gasteiger partial charge in [0.15, 0.2) is 0 Å². The van der Waals surface area contributed by atoms with Gasteiger partial charge in [0, 0.05) is 6.20 Å². The molecular weight excluding hydrogens is 319 g/mol. The number of nitrogens with zero attached hydrogens (tertiary/aromatic N) is 3. The second kappa shape index (κ2) is 7.70. The highest BCUT2D eigenvalue weighted by Crippen LogP contribution is 2.17. The Morgan fingerprint density at radius 3 is 2.68 bits per heavy atom. The summed E-state index contributed by atoms with van der Waals surface area (Å²) in [5.74, 6) is -0.497. The third-order valence-corrected chi connectivity index (χ3v) is 3.83. The van der Waals surface area contributed by atoms with Gasteiger partial charge < -0.3 is 5.32 Å². The van der Waals surface area contributed by atoms with Crippen LogP contribution in [0.5, 0.6) is 0 Å². The van der Waals surface area contributed by atoms with E-state index in [1.54, 1.807) is 29.2 Å².